The molecule has 4 rings (SSSR count). The summed E-state index contributed by atoms with van der Waals surface area (Å²) in [4.78, 5) is 30.7. The lowest BCUT2D eigenvalue weighted by atomic mass is 10.1. The summed E-state index contributed by atoms with van der Waals surface area (Å²) in [7, 11) is 0. The third-order valence-electron chi connectivity index (χ3n) is 5.02. The fraction of sp³-hybridized carbons (Fsp3) is 0.318. The van der Waals surface area contributed by atoms with E-state index in [0.717, 1.165) is 12.8 Å². The normalized spacial score (nSPS) is 17.5. The first-order valence-corrected chi connectivity index (χ1v) is 10.9. The molecular weight excluding hydrogens is 408 g/mol. The van der Waals surface area contributed by atoms with E-state index < -0.39 is 5.25 Å². The van der Waals surface area contributed by atoms with E-state index in [1.165, 1.54) is 11.8 Å². The maximum atomic E-state index is 13.2. The molecule has 1 aliphatic heterocycles. The van der Waals surface area contributed by atoms with Crippen LogP contribution < -0.4 is 5.56 Å². The van der Waals surface area contributed by atoms with Crippen LogP contribution in [-0.4, -0.2) is 33.3 Å². The van der Waals surface area contributed by atoms with Crippen LogP contribution in [0.15, 0.2) is 58.5 Å². The molecule has 1 aliphatic rings. The zero-order valence-electron chi connectivity index (χ0n) is 16.0. The second kappa shape index (κ2) is 8.69. The lowest BCUT2D eigenvalue weighted by Gasteiger charge is -2.18. The van der Waals surface area contributed by atoms with Gasteiger partial charge in [-0.05, 0) is 56.2 Å². The minimum atomic E-state index is -0.403. The number of rotatable bonds is 6. The number of fused-ring (bicyclic) bond motifs is 1. The van der Waals surface area contributed by atoms with Gasteiger partial charge in [-0.1, -0.05) is 35.5 Å². The monoisotopic (exact) mass is 428 g/mol. The number of nitrogens with zero attached hydrogens (tertiary/aromatic N) is 2. The lowest BCUT2D eigenvalue weighted by molar-refractivity contribution is 0.0937. The zero-order valence-corrected chi connectivity index (χ0v) is 17.6. The van der Waals surface area contributed by atoms with Crippen molar-refractivity contribution in [3.8, 4) is 0 Å². The molecule has 2 atom stereocenters. The van der Waals surface area contributed by atoms with Gasteiger partial charge in [-0.25, -0.2) is 4.98 Å². The fourth-order valence-corrected chi connectivity index (χ4v) is 4.57. The van der Waals surface area contributed by atoms with E-state index in [2.05, 4.69) is 0 Å². The number of benzene rings is 2. The molecule has 2 heterocycles. The van der Waals surface area contributed by atoms with E-state index in [0.29, 0.717) is 39.8 Å². The van der Waals surface area contributed by atoms with E-state index in [-0.39, 0.29) is 17.4 Å². The Balaban J connectivity index is 1.68. The van der Waals surface area contributed by atoms with Crippen molar-refractivity contribution in [2.45, 2.75) is 42.8 Å². The van der Waals surface area contributed by atoms with E-state index >= 15 is 0 Å². The summed E-state index contributed by atoms with van der Waals surface area (Å²) in [5.41, 5.74) is 1.12. The van der Waals surface area contributed by atoms with Crippen LogP contribution in [0.25, 0.3) is 10.9 Å². The number of carbonyl (C=O) groups is 1. The molecular formula is C22H21ClN2O3S. The first kappa shape index (κ1) is 20.1. The van der Waals surface area contributed by atoms with Crippen LogP contribution in [0.4, 0.5) is 0 Å². The molecule has 0 bridgehead atoms. The number of hydrogen-bond acceptors (Lipinski definition) is 5. The van der Waals surface area contributed by atoms with Gasteiger partial charge in [-0.2, -0.15) is 0 Å². The van der Waals surface area contributed by atoms with Gasteiger partial charge >= 0.3 is 0 Å². The van der Waals surface area contributed by atoms with Gasteiger partial charge in [0.05, 0.1) is 28.8 Å². The Hall–Kier alpha value is -2.15. The van der Waals surface area contributed by atoms with Gasteiger partial charge in [-0.3, -0.25) is 14.2 Å². The highest BCUT2D eigenvalue weighted by Gasteiger charge is 2.23. The third kappa shape index (κ3) is 4.39. The second-order valence-corrected chi connectivity index (χ2v) is 8.84. The largest absolute Gasteiger partial charge is 0.376 e. The quantitative estimate of drug-likeness (QED) is 0.326. The summed E-state index contributed by atoms with van der Waals surface area (Å²) < 4.78 is 7.40. The summed E-state index contributed by atoms with van der Waals surface area (Å²) >= 11 is 7.23. The second-order valence-electron chi connectivity index (χ2n) is 7.09. The number of halogens is 1. The van der Waals surface area contributed by atoms with Gasteiger partial charge in [0, 0.05) is 17.2 Å². The minimum Gasteiger partial charge on any atom is -0.376 e. The SMILES string of the molecule is CC(Sc1nc2ccccc2c(=O)n1CC1CCCO1)C(=O)c1ccc(Cl)cc1. The molecule has 150 valence electrons. The number of para-hydroxylation sites is 1. The molecule has 3 aromatic rings. The van der Waals surface area contributed by atoms with Crippen LogP contribution in [0, 0.1) is 0 Å². The van der Waals surface area contributed by atoms with Gasteiger partial charge in [0.1, 0.15) is 0 Å². The predicted molar refractivity (Wildman–Crippen MR) is 116 cm³/mol. The smallest absolute Gasteiger partial charge is 0.262 e. The average Bonchev–Trinajstić information content (AvgIpc) is 3.24. The van der Waals surface area contributed by atoms with E-state index in [1.54, 1.807) is 34.9 Å². The minimum absolute atomic E-state index is 0.00251. The Labute approximate surface area is 178 Å². The standard InChI is InChI=1S/C22H21ClN2O3S/c1-14(20(26)15-8-10-16(23)11-9-15)29-22-24-19-7-3-2-6-18(19)21(27)25(22)13-17-5-4-12-28-17/h2-3,6-11,14,17H,4-5,12-13H2,1H3. The van der Waals surface area contributed by atoms with Crippen molar-refractivity contribution in [3.05, 3.63) is 69.5 Å². The number of aromatic nitrogens is 2. The molecule has 2 aromatic carbocycles. The van der Waals surface area contributed by atoms with Crippen molar-refractivity contribution in [3.63, 3.8) is 0 Å². The fourth-order valence-electron chi connectivity index (χ4n) is 3.45. The molecule has 0 N–H and O–H groups in total. The topological polar surface area (TPSA) is 61.2 Å². The molecule has 0 spiro atoms. The first-order valence-electron chi connectivity index (χ1n) is 9.60. The van der Waals surface area contributed by atoms with Gasteiger partial charge in [0.2, 0.25) is 0 Å². The Morgan fingerprint density at radius 2 is 2.03 bits per heavy atom. The molecule has 1 saturated heterocycles. The summed E-state index contributed by atoms with van der Waals surface area (Å²) in [6, 6.07) is 14.1. The van der Waals surface area contributed by atoms with E-state index in [4.69, 9.17) is 21.3 Å². The van der Waals surface area contributed by atoms with Crippen molar-refractivity contribution in [2.24, 2.45) is 0 Å². The van der Waals surface area contributed by atoms with Gasteiger partial charge < -0.3 is 4.74 Å². The Morgan fingerprint density at radius 1 is 1.28 bits per heavy atom. The summed E-state index contributed by atoms with van der Waals surface area (Å²) in [6.07, 6.45) is 1.91. The van der Waals surface area contributed by atoms with Crippen molar-refractivity contribution < 1.29 is 9.53 Å². The number of ketones is 1. The van der Waals surface area contributed by atoms with Gasteiger partial charge in [-0.15, -0.1) is 0 Å². The molecule has 2 unspecified atom stereocenters. The lowest BCUT2D eigenvalue weighted by Crippen LogP contribution is -2.29. The Bertz CT molecular complexity index is 1090. The van der Waals surface area contributed by atoms with Crippen LogP contribution in [0.1, 0.15) is 30.1 Å². The summed E-state index contributed by atoms with van der Waals surface area (Å²) in [6.45, 7) is 2.99. The highest BCUT2D eigenvalue weighted by atomic mass is 35.5. The molecule has 29 heavy (non-hydrogen) atoms. The molecule has 0 saturated carbocycles. The number of Topliss-reactive ketones (excluding diaryl/α,β-unsaturated/α-hetero) is 1. The van der Waals surface area contributed by atoms with Crippen molar-refractivity contribution in [2.75, 3.05) is 6.61 Å². The molecule has 7 heteroatoms. The van der Waals surface area contributed by atoms with Crippen LogP contribution in [0.3, 0.4) is 0 Å². The predicted octanol–water partition coefficient (Wildman–Crippen LogP) is 4.59. The number of thioether (sulfide) groups is 1. The Morgan fingerprint density at radius 3 is 2.76 bits per heavy atom. The number of carbonyl (C=O) groups excluding carboxylic acids is 1. The average molecular weight is 429 g/mol. The van der Waals surface area contributed by atoms with Crippen LogP contribution >= 0.6 is 23.4 Å². The molecule has 1 aromatic heterocycles. The Kier molecular flexibility index (Phi) is 6.04. The van der Waals surface area contributed by atoms with Crippen molar-refractivity contribution in [1.29, 1.82) is 0 Å². The molecule has 0 aliphatic carbocycles. The summed E-state index contributed by atoms with van der Waals surface area (Å²) in [5.74, 6) is -0.0299. The zero-order chi connectivity index (χ0) is 20.4. The van der Waals surface area contributed by atoms with Crippen molar-refractivity contribution in [1.82, 2.24) is 9.55 Å². The van der Waals surface area contributed by atoms with E-state index in [1.807, 2.05) is 25.1 Å². The highest BCUT2D eigenvalue weighted by molar-refractivity contribution is 8.00. The first-order chi connectivity index (χ1) is 14.0. The van der Waals surface area contributed by atoms with Crippen LogP contribution in [-0.2, 0) is 11.3 Å². The third-order valence-corrected chi connectivity index (χ3v) is 6.36. The van der Waals surface area contributed by atoms with Gasteiger partial charge in [0.25, 0.3) is 5.56 Å². The number of hydrogen-bond donors (Lipinski definition) is 0. The highest BCUT2D eigenvalue weighted by Crippen LogP contribution is 2.26. The van der Waals surface area contributed by atoms with E-state index in [9.17, 15) is 9.59 Å². The van der Waals surface area contributed by atoms with Crippen LogP contribution in [0.5, 0.6) is 0 Å². The van der Waals surface area contributed by atoms with Crippen molar-refractivity contribution >= 4 is 40.0 Å². The number of ether oxygens (including phenoxy) is 1. The molecule has 0 amide bonds. The maximum Gasteiger partial charge on any atom is 0.262 e. The van der Waals surface area contributed by atoms with Crippen LogP contribution in [0.2, 0.25) is 5.02 Å². The molecule has 5 nitrogen and oxygen atoms in total. The molecule has 1 fully saturated rings. The molecule has 0 radical (unpaired) electrons. The summed E-state index contributed by atoms with van der Waals surface area (Å²) in [5, 5.41) is 1.30. The van der Waals surface area contributed by atoms with Gasteiger partial charge in [0.15, 0.2) is 10.9 Å². The maximum absolute atomic E-state index is 13.2.